The number of rotatable bonds is 2. The summed E-state index contributed by atoms with van der Waals surface area (Å²) in [7, 11) is 0. The van der Waals surface area contributed by atoms with Gasteiger partial charge in [0, 0.05) is 18.5 Å². The van der Waals surface area contributed by atoms with Gasteiger partial charge in [-0.3, -0.25) is 4.90 Å². The van der Waals surface area contributed by atoms with Gasteiger partial charge in [0.2, 0.25) is 0 Å². The Morgan fingerprint density at radius 1 is 1.12 bits per heavy atom. The predicted octanol–water partition coefficient (Wildman–Crippen LogP) is 4.08. The zero-order valence-electron chi connectivity index (χ0n) is 14.4. The SMILES string of the molecule is CCCN1Cc2c(C)cccc2[C@@H]2c3cc(O)c(O)cc3CC[C@H]21. The van der Waals surface area contributed by atoms with Crippen molar-refractivity contribution < 1.29 is 10.2 Å². The van der Waals surface area contributed by atoms with E-state index < -0.39 is 0 Å². The van der Waals surface area contributed by atoms with Crippen molar-refractivity contribution in [3.8, 4) is 11.5 Å². The summed E-state index contributed by atoms with van der Waals surface area (Å²) in [5, 5.41) is 20.0. The van der Waals surface area contributed by atoms with E-state index in [-0.39, 0.29) is 17.4 Å². The molecule has 24 heavy (non-hydrogen) atoms. The molecule has 2 aromatic rings. The van der Waals surface area contributed by atoms with Crippen LogP contribution in [0.25, 0.3) is 0 Å². The van der Waals surface area contributed by atoms with E-state index in [4.69, 9.17) is 0 Å². The molecule has 4 rings (SSSR count). The summed E-state index contributed by atoms with van der Waals surface area (Å²) in [6.07, 6.45) is 3.22. The molecule has 0 saturated heterocycles. The van der Waals surface area contributed by atoms with Gasteiger partial charge in [-0.15, -0.1) is 0 Å². The third kappa shape index (κ3) is 2.30. The number of hydrogen-bond donors (Lipinski definition) is 2. The molecule has 3 heteroatoms. The molecule has 2 N–H and O–H groups in total. The number of aromatic hydroxyl groups is 2. The van der Waals surface area contributed by atoms with Gasteiger partial charge in [0.05, 0.1) is 0 Å². The van der Waals surface area contributed by atoms with E-state index in [1.54, 1.807) is 12.1 Å². The first kappa shape index (κ1) is 15.5. The highest BCUT2D eigenvalue weighted by atomic mass is 16.3. The first-order valence-electron chi connectivity index (χ1n) is 8.97. The maximum absolute atomic E-state index is 10.1. The Kier molecular flexibility index (Phi) is 3.76. The van der Waals surface area contributed by atoms with E-state index >= 15 is 0 Å². The van der Waals surface area contributed by atoms with Crippen LogP contribution in [0, 0.1) is 6.92 Å². The van der Waals surface area contributed by atoms with E-state index in [9.17, 15) is 10.2 Å². The Morgan fingerprint density at radius 2 is 1.92 bits per heavy atom. The lowest BCUT2D eigenvalue weighted by Crippen LogP contribution is -2.46. The van der Waals surface area contributed by atoms with Gasteiger partial charge in [-0.05, 0) is 72.7 Å². The van der Waals surface area contributed by atoms with Crippen molar-refractivity contribution in [2.45, 2.75) is 51.6 Å². The third-order valence-electron chi connectivity index (χ3n) is 5.79. The fourth-order valence-corrected chi connectivity index (χ4v) is 4.67. The summed E-state index contributed by atoms with van der Waals surface area (Å²) in [6, 6.07) is 10.6. The Bertz CT molecular complexity index is 784. The summed E-state index contributed by atoms with van der Waals surface area (Å²) in [5.74, 6) is 0.282. The summed E-state index contributed by atoms with van der Waals surface area (Å²) >= 11 is 0. The monoisotopic (exact) mass is 323 g/mol. The van der Waals surface area contributed by atoms with Crippen molar-refractivity contribution in [1.82, 2.24) is 4.90 Å². The van der Waals surface area contributed by atoms with Gasteiger partial charge in [-0.2, -0.15) is 0 Å². The minimum Gasteiger partial charge on any atom is -0.504 e. The molecule has 1 aliphatic carbocycles. The molecule has 1 heterocycles. The first-order chi connectivity index (χ1) is 11.6. The number of aryl methyl sites for hydroxylation is 2. The third-order valence-corrected chi connectivity index (χ3v) is 5.79. The zero-order chi connectivity index (χ0) is 16.8. The lowest BCUT2D eigenvalue weighted by atomic mass is 9.71. The molecule has 2 aliphatic rings. The number of nitrogens with zero attached hydrogens (tertiary/aromatic N) is 1. The van der Waals surface area contributed by atoms with Crippen LogP contribution in [0.1, 0.15) is 53.5 Å². The molecule has 0 saturated carbocycles. The van der Waals surface area contributed by atoms with Crippen LogP contribution in [-0.4, -0.2) is 27.7 Å². The van der Waals surface area contributed by atoms with Gasteiger partial charge in [-0.25, -0.2) is 0 Å². The summed E-state index contributed by atoms with van der Waals surface area (Å²) in [4.78, 5) is 2.62. The topological polar surface area (TPSA) is 43.7 Å². The van der Waals surface area contributed by atoms with Crippen LogP contribution < -0.4 is 0 Å². The van der Waals surface area contributed by atoms with Crippen molar-refractivity contribution in [1.29, 1.82) is 0 Å². The number of benzene rings is 2. The van der Waals surface area contributed by atoms with Gasteiger partial charge >= 0.3 is 0 Å². The molecular weight excluding hydrogens is 298 g/mol. The van der Waals surface area contributed by atoms with Gasteiger partial charge < -0.3 is 10.2 Å². The van der Waals surface area contributed by atoms with Gasteiger partial charge in [-0.1, -0.05) is 25.1 Å². The maximum atomic E-state index is 10.1. The average molecular weight is 323 g/mol. The van der Waals surface area contributed by atoms with Gasteiger partial charge in [0.1, 0.15) is 0 Å². The number of phenolic OH excluding ortho intramolecular Hbond substituents is 2. The Morgan fingerprint density at radius 3 is 2.71 bits per heavy atom. The molecule has 0 spiro atoms. The van der Waals surface area contributed by atoms with Crippen LogP contribution in [0.15, 0.2) is 30.3 Å². The lowest BCUT2D eigenvalue weighted by Gasteiger charge is -2.46. The van der Waals surface area contributed by atoms with Crippen molar-refractivity contribution >= 4 is 0 Å². The highest BCUT2D eigenvalue weighted by Gasteiger charge is 2.39. The molecule has 0 fully saturated rings. The number of fused-ring (bicyclic) bond motifs is 5. The number of phenols is 2. The molecule has 0 unspecified atom stereocenters. The van der Waals surface area contributed by atoms with Crippen LogP contribution in [-0.2, 0) is 13.0 Å². The fraction of sp³-hybridized carbons (Fsp3) is 0.429. The van der Waals surface area contributed by atoms with Crippen molar-refractivity contribution in [3.63, 3.8) is 0 Å². The largest absolute Gasteiger partial charge is 0.504 e. The standard InChI is InChI=1S/C21H25NO2/c1-3-9-22-12-17-13(2)5-4-6-15(17)21-16-11-20(24)19(23)10-14(16)7-8-18(21)22/h4-6,10-11,18,21,23-24H,3,7-9,12H2,1-2H3/t18-,21-/m1/s1. The molecule has 2 aromatic carbocycles. The average Bonchev–Trinajstić information content (AvgIpc) is 2.57. The predicted molar refractivity (Wildman–Crippen MR) is 95.6 cm³/mol. The van der Waals surface area contributed by atoms with E-state index in [0.717, 1.165) is 32.4 Å². The fourth-order valence-electron chi connectivity index (χ4n) is 4.67. The minimum absolute atomic E-state index is 0.00195. The molecule has 0 aromatic heterocycles. The van der Waals surface area contributed by atoms with Gasteiger partial charge in [0.25, 0.3) is 0 Å². The Balaban J connectivity index is 1.91. The molecular formula is C21H25NO2. The normalized spacial score (nSPS) is 22.6. The Hall–Kier alpha value is -2.00. The molecule has 2 atom stereocenters. The summed E-state index contributed by atoms with van der Waals surface area (Å²) < 4.78 is 0. The second-order valence-electron chi connectivity index (χ2n) is 7.24. The molecule has 3 nitrogen and oxygen atoms in total. The molecule has 0 bridgehead atoms. The van der Waals surface area contributed by atoms with Crippen LogP contribution in [0.2, 0.25) is 0 Å². The first-order valence-corrected chi connectivity index (χ1v) is 8.97. The van der Waals surface area contributed by atoms with Crippen LogP contribution in [0.4, 0.5) is 0 Å². The van der Waals surface area contributed by atoms with E-state index in [1.165, 1.54) is 27.8 Å². The van der Waals surface area contributed by atoms with Gasteiger partial charge in [0.15, 0.2) is 11.5 Å². The minimum atomic E-state index is -0.00350. The maximum Gasteiger partial charge on any atom is 0.157 e. The molecule has 0 amide bonds. The van der Waals surface area contributed by atoms with Crippen molar-refractivity contribution in [2.75, 3.05) is 6.54 Å². The lowest BCUT2D eigenvalue weighted by molar-refractivity contribution is 0.141. The van der Waals surface area contributed by atoms with E-state index in [2.05, 4.69) is 36.9 Å². The second-order valence-corrected chi connectivity index (χ2v) is 7.24. The number of hydrogen-bond acceptors (Lipinski definition) is 3. The van der Waals surface area contributed by atoms with Crippen LogP contribution in [0.3, 0.4) is 0 Å². The van der Waals surface area contributed by atoms with E-state index in [0.29, 0.717) is 6.04 Å². The highest BCUT2D eigenvalue weighted by molar-refractivity contribution is 5.54. The van der Waals surface area contributed by atoms with Crippen LogP contribution in [0.5, 0.6) is 11.5 Å². The highest BCUT2D eigenvalue weighted by Crippen LogP contribution is 2.47. The van der Waals surface area contributed by atoms with E-state index in [1.807, 2.05) is 0 Å². The molecule has 0 radical (unpaired) electrons. The molecule has 126 valence electrons. The summed E-state index contributed by atoms with van der Waals surface area (Å²) in [6.45, 7) is 6.56. The van der Waals surface area contributed by atoms with Crippen LogP contribution >= 0.6 is 0 Å². The second kappa shape index (κ2) is 5.82. The molecule has 1 aliphatic heterocycles. The van der Waals surface area contributed by atoms with Crippen molar-refractivity contribution in [2.24, 2.45) is 0 Å². The summed E-state index contributed by atoms with van der Waals surface area (Å²) in [5.41, 5.74) is 6.56. The smallest absolute Gasteiger partial charge is 0.157 e. The quantitative estimate of drug-likeness (QED) is 0.819. The van der Waals surface area contributed by atoms with Crippen molar-refractivity contribution in [3.05, 3.63) is 58.1 Å². The zero-order valence-corrected chi connectivity index (χ0v) is 14.4. The Labute approximate surface area is 143 Å².